The first-order chi connectivity index (χ1) is 9.09. The smallest absolute Gasteiger partial charge is 0.494 e. The Hall–Kier alpha value is -1.45. The van der Waals surface area contributed by atoms with Gasteiger partial charge in [0.25, 0.3) is 0 Å². The molecule has 2 nitrogen and oxygen atoms in total. The Morgan fingerprint density at radius 2 is 1.70 bits per heavy atom. The Morgan fingerprint density at radius 3 is 2.25 bits per heavy atom. The summed E-state index contributed by atoms with van der Waals surface area (Å²) >= 11 is 0. The van der Waals surface area contributed by atoms with E-state index in [-0.39, 0.29) is 0 Å². The topological polar surface area (TPSA) is 18.5 Å². The van der Waals surface area contributed by atoms with Gasteiger partial charge in [-0.05, 0) is 6.07 Å². The summed E-state index contributed by atoms with van der Waals surface area (Å²) in [5, 5.41) is 0. The molecule has 0 aliphatic heterocycles. The van der Waals surface area contributed by atoms with Crippen molar-refractivity contribution in [1.29, 1.82) is 0 Å². The molecule has 0 radical (unpaired) electrons. The predicted octanol–water partition coefficient (Wildman–Crippen LogP) is 2.84. The maximum Gasteiger partial charge on any atom is 0.513 e. The van der Waals surface area contributed by atoms with Crippen LogP contribution in [0.5, 0.6) is 5.75 Å². The maximum absolute atomic E-state index is 12.8. The van der Waals surface area contributed by atoms with Crippen LogP contribution in [0.1, 0.15) is 0 Å². The third-order valence-electron chi connectivity index (χ3n) is 2.08. The molecule has 0 atom stereocenters. The zero-order valence-corrected chi connectivity index (χ0v) is 9.89. The van der Waals surface area contributed by atoms with Crippen LogP contribution in [0, 0.1) is 5.82 Å². The molecule has 0 fully saturated rings. The maximum atomic E-state index is 12.8. The van der Waals surface area contributed by atoms with Gasteiger partial charge in [-0.3, -0.25) is 0 Å². The van der Waals surface area contributed by atoms with E-state index in [1.165, 1.54) is 0 Å². The van der Waals surface area contributed by atoms with Gasteiger partial charge in [-0.2, -0.15) is 13.2 Å². The third-order valence-corrected chi connectivity index (χ3v) is 2.08. The van der Waals surface area contributed by atoms with Crippen LogP contribution in [0.25, 0.3) is 0 Å². The van der Waals surface area contributed by atoms with Gasteiger partial charge in [0.1, 0.15) is 19.0 Å². The predicted molar refractivity (Wildman–Crippen MR) is 57.5 cm³/mol. The molecule has 0 bridgehead atoms. The Bertz CT molecular complexity index is 444. The number of hydrogen-bond acceptors (Lipinski definition) is 2. The molecule has 0 saturated heterocycles. The van der Waals surface area contributed by atoms with Crippen LogP contribution < -0.4 is 10.2 Å². The summed E-state index contributed by atoms with van der Waals surface area (Å²) in [5.74, 6) is -1.71. The minimum atomic E-state index is -5.41. The molecular formula is C10H9BF7O2-. The molecule has 0 aromatic heterocycles. The molecule has 0 unspecified atom stereocenters. The van der Waals surface area contributed by atoms with Gasteiger partial charge in [0.15, 0.2) is 0 Å². The van der Waals surface area contributed by atoms with Crippen LogP contribution in [-0.2, 0) is 4.74 Å². The first-order valence-corrected chi connectivity index (χ1v) is 5.36. The van der Waals surface area contributed by atoms with E-state index in [0.29, 0.717) is 18.2 Å². The molecule has 0 saturated carbocycles. The molecule has 1 aromatic rings. The summed E-state index contributed by atoms with van der Waals surface area (Å²) in [4.78, 5) is 0. The van der Waals surface area contributed by atoms with E-state index < -0.39 is 50.0 Å². The molecule has 0 spiro atoms. The van der Waals surface area contributed by atoms with Crippen molar-refractivity contribution in [3.63, 3.8) is 0 Å². The van der Waals surface area contributed by atoms with E-state index in [2.05, 4.69) is 9.47 Å². The van der Waals surface area contributed by atoms with Crippen LogP contribution in [0.4, 0.5) is 30.5 Å². The summed E-state index contributed by atoms with van der Waals surface area (Å²) in [6.45, 7) is -8.07. The van der Waals surface area contributed by atoms with Crippen molar-refractivity contribution in [3.8, 4) is 5.75 Å². The number of rotatable bonds is 6. The number of halogens is 7. The van der Waals surface area contributed by atoms with Crippen LogP contribution in [0.2, 0.25) is 0 Å². The second-order valence-corrected chi connectivity index (χ2v) is 3.77. The second-order valence-electron chi connectivity index (χ2n) is 3.77. The molecule has 1 rings (SSSR count). The monoisotopic (exact) mass is 305 g/mol. The van der Waals surface area contributed by atoms with Crippen molar-refractivity contribution in [3.05, 3.63) is 24.0 Å². The summed E-state index contributed by atoms with van der Waals surface area (Å²) in [6, 6.07) is 1.66. The number of benzene rings is 1. The Balaban J connectivity index is 2.57. The fourth-order valence-corrected chi connectivity index (χ4v) is 1.30. The lowest BCUT2D eigenvalue weighted by molar-refractivity contribution is -0.175. The van der Waals surface area contributed by atoms with Gasteiger partial charge in [0, 0.05) is 6.07 Å². The highest BCUT2D eigenvalue weighted by Crippen LogP contribution is 2.19. The molecule has 0 aliphatic carbocycles. The Morgan fingerprint density at radius 1 is 1.05 bits per heavy atom. The molecule has 10 heteroatoms. The van der Waals surface area contributed by atoms with Crippen molar-refractivity contribution >= 4 is 12.4 Å². The highest BCUT2D eigenvalue weighted by molar-refractivity contribution is 6.74. The number of ether oxygens (including phenoxy) is 2. The lowest BCUT2D eigenvalue weighted by Gasteiger charge is -2.19. The van der Waals surface area contributed by atoms with Gasteiger partial charge in [0.05, 0.1) is 12.4 Å². The summed E-state index contributed by atoms with van der Waals surface area (Å²) in [7, 11) is 0. The fraction of sp³-hybridized carbons (Fsp3) is 0.400. The van der Waals surface area contributed by atoms with Crippen LogP contribution in [0.3, 0.4) is 0 Å². The third kappa shape index (κ3) is 5.68. The van der Waals surface area contributed by atoms with Crippen molar-refractivity contribution in [2.75, 3.05) is 19.8 Å². The Labute approximate surface area is 109 Å². The van der Waals surface area contributed by atoms with E-state index in [1.54, 1.807) is 0 Å². The Kier molecular flexibility index (Phi) is 5.26. The second kappa shape index (κ2) is 6.34. The normalized spacial score (nSPS) is 12.6. The first-order valence-electron chi connectivity index (χ1n) is 5.36. The molecule has 0 aliphatic rings. The van der Waals surface area contributed by atoms with E-state index in [4.69, 9.17) is 0 Å². The molecule has 0 N–H and O–H groups in total. The van der Waals surface area contributed by atoms with Crippen LogP contribution >= 0.6 is 0 Å². The van der Waals surface area contributed by atoms with Crippen LogP contribution in [-0.4, -0.2) is 33.0 Å². The molecule has 0 amide bonds. The summed E-state index contributed by atoms with van der Waals surface area (Å²) in [6.07, 6.45) is -4.53. The van der Waals surface area contributed by atoms with Crippen LogP contribution in [0.15, 0.2) is 18.2 Å². The first kappa shape index (κ1) is 16.6. The minimum Gasteiger partial charge on any atom is -0.494 e. The van der Waals surface area contributed by atoms with E-state index in [1.807, 2.05) is 0 Å². The average Bonchev–Trinajstić information content (AvgIpc) is 2.25. The number of alkyl halides is 3. The van der Waals surface area contributed by atoms with Gasteiger partial charge in [-0.1, -0.05) is 11.5 Å². The number of hydrogen-bond donors (Lipinski definition) is 0. The van der Waals surface area contributed by atoms with Gasteiger partial charge in [-0.15, -0.1) is 0 Å². The molecule has 20 heavy (non-hydrogen) atoms. The molecular weight excluding hydrogens is 296 g/mol. The average molecular weight is 305 g/mol. The fourth-order valence-electron chi connectivity index (χ4n) is 1.30. The highest BCUT2D eigenvalue weighted by atomic mass is 19.4. The van der Waals surface area contributed by atoms with Crippen molar-refractivity contribution < 1.29 is 40.0 Å². The van der Waals surface area contributed by atoms with Crippen molar-refractivity contribution in [2.45, 2.75) is 6.18 Å². The van der Waals surface area contributed by atoms with E-state index >= 15 is 0 Å². The highest BCUT2D eigenvalue weighted by Gasteiger charge is 2.30. The summed E-state index contributed by atoms with van der Waals surface area (Å²) < 4.78 is 94.6. The standard InChI is InChI=1S/C10H9BF7O2/c12-7-1-2-8(11(16,17)18)9(5-7)20-4-3-19-6-10(13,14)15/h1-2,5H,3-4,6H2/q-1. The zero-order chi connectivity index (χ0) is 15.4. The minimum absolute atomic E-state index is 0.515. The zero-order valence-electron chi connectivity index (χ0n) is 9.89. The van der Waals surface area contributed by atoms with Gasteiger partial charge in [-0.25, -0.2) is 4.39 Å². The quantitative estimate of drug-likeness (QED) is 0.457. The molecule has 1 aromatic carbocycles. The van der Waals surface area contributed by atoms with Gasteiger partial charge in [0.2, 0.25) is 0 Å². The lowest BCUT2D eigenvalue weighted by atomic mass is 9.79. The molecule has 114 valence electrons. The molecule has 0 heterocycles. The van der Waals surface area contributed by atoms with Crippen molar-refractivity contribution in [1.82, 2.24) is 0 Å². The van der Waals surface area contributed by atoms with Gasteiger partial charge < -0.3 is 22.4 Å². The summed E-state index contributed by atoms with van der Waals surface area (Å²) in [5.41, 5.74) is -1.15. The van der Waals surface area contributed by atoms with Gasteiger partial charge >= 0.3 is 13.2 Å². The SMILES string of the molecule is Fc1ccc([B-](F)(F)F)c(OCCOCC(F)(F)F)c1. The lowest BCUT2D eigenvalue weighted by Crippen LogP contribution is -2.35. The van der Waals surface area contributed by atoms with Crippen molar-refractivity contribution in [2.24, 2.45) is 0 Å². The largest absolute Gasteiger partial charge is 0.513 e. The van der Waals surface area contributed by atoms with E-state index in [0.717, 1.165) is 0 Å². The van der Waals surface area contributed by atoms with E-state index in [9.17, 15) is 30.5 Å².